The molecule has 0 atom stereocenters. The van der Waals surface area contributed by atoms with Gasteiger partial charge in [0.2, 0.25) is 0 Å². The van der Waals surface area contributed by atoms with Crippen LogP contribution >= 0.6 is 0 Å². The van der Waals surface area contributed by atoms with Gasteiger partial charge in [-0.15, -0.1) is 0 Å². The standard InChI is InChI=1S/C24H52OSi/c1-5-7-9-10-11-12-13-14-15-16-17-18-19-20-21-22-24-26(3,4)25-23-8-6-2/h5-24H2,1-4H3. The minimum atomic E-state index is -1.35. The number of rotatable bonds is 21. The van der Waals surface area contributed by atoms with Gasteiger partial charge in [-0.1, -0.05) is 123 Å². The van der Waals surface area contributed by atoms with Crippen molar-refractivity contribution in [2.75, 3.05) is 6.61 Å². The Bertz CT molecular complexity index is 265. The van der Waals surface area contributed by atoms with Crippen LogP contribution in [-0.4, -0.2) is 14.9 Å². The largest absolute Gasteiger partial charge is 0.417 e. The molecule has 0 amide bonds. The summed E-state index contributed by atoms with van der Waals surface area (Å²) in [6.07, 6.45) is 25.7. The predicted octanol–water partition coefficient (Wildman–Crippen LogP) is 9.27. The van der Waals surface area contributed by atoms with Gasteiger partial charge in [0.25, 0.3) is 0 Å². The minimum absolute atomic E-state index is 0.995. The normalized spacial score (nSPS) is 12.0. The zero-order valence-corrected chi connectivity index (χ0v) is 20.1. The van der Waals surface area contributed by atoms with E-state index in [-0.39, 0.29) is 0 Å². The molecule has 0 rings (SSSR count). The first kappa shape index (κ1) is 26.2. The maximum atomic E-state index is 6.13. The second-order valence-electron chi connectivity index (χ2n) is 9.02. The fourth-order valence-electron chi connectivity index (χ4n) is 3.66. The van der Waals surface area contributed by atoms with E-state index in [1.165, 1.54) is 122 Å². The highest BCUT2D eigenvalue weighted by molar-refractivity contribution is 6.71. The summed E-state index contributed by atoms with van der Waals surface area (Å²) in [6.45, 7) is 10.3. The molecule has 158 valence electrons. The molecule has 0 saturated carbocycles. The summed E-state index contributed by atoms with van der Waals surface area (Å²) < 4.78 is 6.13. The summed E-state index contributed by atoms with van der Waals surface area (Å²) in [7, 11) is -1.35. The fourth-order valence-corrected chi connectivity index (χ4v) is 5.61. The molecule has 0 aromatic heterocycles. The molecule has 0 heterocycles. The predicted molar refractivity (Wildman–Crippen MR) is 123 cm³/mol. The van der Waals surface area contributed by atoms with E-state index in [1.807, 2.05) is 0 Å². The highest BCUT2D eigenvalue weighted by Crippen LogP contribution is 2.18. The van der Waals surface area contributed by atoms with Crippen LogP contribution < -0.4 is 0 Å². The van der Waals surface area contributed by atoms with E-state index in [4.69, 9.17) is 4.43 Å². The van der Waals surface area contributed by atoms with Gasteiger partial charge in [0.05, 0.1) is 0 Å². The molecule has 0 N–H and O–H groups in total. The van der Waals surface area contributed by atoms with Gasteiger partial charge in [0, 0.05) is 6.61 Å². The number of hydrogen-bond acceptors (Lipinski definition) is 1. The Kier molecular flexibility index (Phi) is 20.1. The molecule has 0 aromatic rings. The molecule has 0 aliphatic rings. The van der Waals surface area contributed by atoms with E-state index in [9.17, 15) is 0 Å². The monoisotopic (exact) mass is 384 g/mol. The minimum Gasteiger partial charge on any atom is -0.417 e. The molecule has 2 heteroatoms. The zero-order valence-electron chi connectivity index (χ0n) is 19.1. The second kappa shape index (κ2) is 19.9. The van der Waals surface area contributed by atoms with Crippen LogP contribution in [0.2, 0.25) is 19.1 Å². The molecule has 0 saturated heterocycles. The van der Waals surface area contributed by atoms with E-state index in [1.54, 1.807) is 0 Å². The van der Waals surface area contributed by atoms with Gasteiger partial charge in [-0.3, -0.25) is 0 Å². The number of hydrogen-bond donors (Lipinski definition) is 0. The van der Waals surface area contributed by atoms with Crippen molar-refractivity contribution < 1.29 is 4.43 Å². The lowest BCUT2D eigenvalue weighted by Gasteiger charge is -2.22. The van der Waals surface area contributed by atoms with E-state index in [2.05, 4.69) is 26.9 Å². The summed E-state index contributed by atoms with van der Waals surface area (Å²) in [6, 6.07) is 1.36. The molecular formula is C24H52OSi. The van der Waals surface area contributed by atoms with Crippen molar-refractivity contribution in [1.29, 1.82) is 0 Å². The van der Waals surface area contributed by atoms with Crippen molar-refractivity contribution in [3.05, 3.63) is 0 Å². The molecule has 0 spiro atoms. The Morgan fingerprint density at radius 1 is 0.462 bits per heavy atom. The summed E-state index contributed by atoms with van der Waals surface area (Å²) in [5, 5.41) is 0. The number of unbranched alkanes of at least 4 members (excludes halogenated alkanes) is 16. The zero-order chi connectivity index (χ0) is 19.3. The van der Waals surface area contributed by atoms with Gasteiger partial charge in [0.15, 0.2) is 8.32 Å². The molecule has 0 radical (unpaired) electrons. The average molecular weight is 385 g/mol. The highest BCUT2D eigenvalue weighted by Gasteiger charge is 2.20. The fraction of sp³-hybridized carbons (Fsp3) is 1.00. The molecule has 0 bridgehead atoms. The lowest BCUT2D eigenvalue weighted by molar-refractivity contribution is 0.297. The van der Waals surface area contributed by atoms with Crippen LogP contribution in [0.5, 0.6) is 0 Å². The second-order valence-corrected chi connectivity index (χ2v) is 13.3. The smallest absolute Gasteiger partial charge is 0.186 e. The van der Waals surface area contributed by atoms with Crippen LogP contribution in [0.15, 0.2) is 0 Å². The lowest BCUT2D eigenvalue weighted by Crippen LogP contribution is -2.30. The maximum Gasteiger partial charge on any atom is 0.186 e. The van der Waals surface area contributed by atoms with Crippen molar-refractivity contribution in [3.8, 4) is 0 Å². The topological polar surface area (TPSA) is 9.23 Å². The first-order valence-electron chi connectivity index (χ1n) is 12.3. The van der Waals surface area contributed by atoms with Gasteiger partial charge < -0.3 is 4.43 Å². The first-order valence-corrected chi connectivity index (χ1v) is 15.4. The summed E-state index contributed by atoms with van der Waals surface area (Å²) in [5.41, 5.74) is 0. The van der Waals surface area contributed by atoms with Crippen LogP contribution in [0.3, 0.4) is 0 Å². The molecule has 26 heavy (non-hydrogen) atoms. The molecule has 0 aliphatic carbocycles. The van der Waals surface area contributed by atoms with E-state index < -0.39 is 8.32 Å². The van der Waals surface area contributed by atoms with E-state index in [0.717, 1.165) is 6.61 Å². The third-order valence-electron chi connectivity index (χ3n) is 5.62. The van der Waals surface area contributed by atoms with Crippen LogP contribution in [0.4, 0.5) is 0 Å². The van der Waals surface area contributed by atoms with Crippen LogP contribution in [-0.2, 0) is 4.43 Å². The molecule has 1 nitrogen and oxygen atoms in total. The Morgan fingerprint density at radius 3 is 1.19 bits per heavy atom. The van der Waals surface area contributed by atoms with E-state index >= 15 is 0 Å². The quantitative estimate of drug-likeness (QED) is 0.141. The van der Waals surface area contributed by atoms with Crippen molar-refractivity contribution in [2.45, 2.75) is 149 Å². The van der Waals surface area contributed by atoms with Crippen molar-refractivity contribution in [2.24, 2.45) is 0 Å². The van der Waals surface area contributed by atoms with Gasteiger partial charge in [-0.05, 0) is 25.6 Å². The van der Waals surface area contributed by atoms with Gasteiger partial charge in [-0.2, -0.15) is 0 Å². The maximum absolute atomic E-state index is 6.13. The third kappa shape index (κ3) is 20.5. The average Bonchev–Trinajstić information content (AvgIpc) is 2.61. The molecule has 0 aromatic carbocycles. The Morgan fingerprint density at radius 2 is 0.808 bits per heavy atom. The lowest BCUT2D eigenvalue weighted by atomic mass is 10.0. The van der Waals surface area contributed by atoms with Crippen molar-refractivity contribution in [3.63, 3.8) is 0 Å². The summed E-state index contributed by atoms with van der Waals surface area (Å²) in [5.74, 6) is 0. The van der Waals surface area contributed by atoms with Crippen molar-refractivity contribution in [1.82, 2.24) is 0 Å². The van der Waals surface area contributed by atoms with Gasteiger partial charge in [-0.25, -0.2) is 0 Å². The highest BCUT2D eigenvalue weighted by atomic mass is 28.4. The van der Waals surface area contributed by atoms with Crippen LogP contribution in [0.1, 0.15) is 129 Å². The van der Waals surface area contributed by atoms with Crippen LogP contribution in [0, 0.1) is 0 Å². The third-order valence-corrected chi connectivity index (χ3v) is 8.17. The molecule has 0 aliphatic heterocycles. The Balaban J connectivity index is 3.17. The first-order chi connectivity index (χ1) is 12.6. The molecule has 0 fully saturated rings. The molecular weight excluding hydrogens is 332 g/mol. The summed E-state index contributed by atoms with van der Waals surface area (Å²) in [4.78, 5) is 0. The Labute approximate surface area is 168 Å². The molecule has 0 unspecified atom stereocenters. The SMILES string of the molecule is CCCCCCCCCCCCCCCCCC[Si](C)(C)OCCCC. The van der Waals surface area contributed by atoms with Gasteiger partial charge in [0.1, 0.15) is 0 Å². The van der Waals surface area contributed by atoms with Crippen molar-refractivity contribution >= 4 is 8.32 Å². The van der Waals surface area contributed by atoms with Crippen LogP contribution in [0.25, 0.3) is 0 Å². The van der Waals surface area contributed by atoms with Gasteiger partial charge >= 0.3 is 0 Å². The van der Waals surface area contributed by atoms with E-state index in [0.29, 0.717) is 0 Å². The summed E-state index contributed by atoms with van der Waals surface area (Å²) >= 11 is 0. The Hall–Kier alpha value is 0.177.